The Labute approximate surface area is 354 Å². The summed E-state index contributed by atoms with van der Waals surface area (Å²) in [5.41, 5.74) is 20.2. The minimum Gasteiger partial charge on any atom is -0.356 e. The van der Waals surface area contributed by atoms with Crippen LogP contribution in [0.5, 0.6) is 0 Å². The maximum absolute atomic E-state index is 3.83. The van der Waals surface area contributed by atoms with Crippen LogP contribution in [0.25, 0.3) is 66.1 Å². The molecule has 0 saturated carbocycles. The minimum absolute atomic E-state index is 0.0207. The van der Waals surface area contributed by atoms with Gasteiger partial charge in [0.15, 0.2) is 0 Å². The molecular formula is C59H49N. The van der Waals surface area contributed by atoms with Crippen molar-refractivity contribution in [1.29, 1.82) is 0 Å². The molecule has 0 bridgehead atoms. The molecule has 0 amide bonds. The lowest BCUT2D eigenvalue weighted by Crippen LogP contribution is -2.27. The van der Waals surface area contributed by atoms with Gasteiger partial charge in [-0.15, -0.1) is 0 Å². The van der Waals surface area contributed by atoms with Gasteiger partial charge in [0.05, 0.1) is 5.41 Å². The van der Waals surface area contributed by atoms with Gasteiger partial charge in [-0.1, -0.05) is 181 Å². The van der Waals surface area contributed by atoms with Crippen molar-refractivity contribution in [1.82, 2.24) is 0 Å². The van der Waals surface area contributed by atoms with Crippen LogP contribution in [0.15, 0.2) is 182 Å². The highest BCUT2D eigenvalue weighted by Crippen LogP contribution is 2.63. The molecule has 9 aromatic rings. The Hall–Kier alpha value is -6.70. The van der Waals surface area contributed by atoms with Crippen LogP contribution < -0.4 is 5.32 Å². The Morgan fingerprint density at radius 2 is 0.733 bits per heavy atom. The maximum atomic E-state index is 3.83. The highest BCUT2D eigenvalue weighted by atomic mass is 14.9. The summed E-state index contributed by atoms with van der Waals surface area (Å²) in [5, 5.41) is 8.85. The predicted molar refractivity (Wildman–Crippen MR) is 256 cm³/mol. The van der Waals surface area contributed by atoms with E-state index in [1.165, 1.54) is 99.4 Å². The highest BCUT2D eigenvalue weighted by molar-refractivity contribution is 5.97. The van der Waals surface area contributed by atoms with Gasteiger partial charge in [-0.3, -0.25) is 0 Å². The van der Waals surface area contributed by atoms with E-state index in [1.54, 1.807) is 0 Å². The van der Waals surface area contributed by atoms with Crippen molar-refractivity contribution >= 4 is 32.9 Å². The van der Waals surface area contributed by atoms with Crippen molar-refractivity contribution < 1.29 is 0 Å². The van der Waals surface area contributed by atoms with Crippen molar-refractivity contribution in [3.63, 3.8) is 0 Å². The van der Waals surface area contributed by atoms with Gasteiger partial charge in [0.2, 0.25) is 0 Å². The van der Waals surface area contributed by atoms with Gasteiger partial charge >= 0.3 is 0 Å². The largest absolute Gasteiger partial charge is 0.356 e. The molecule has 11 rings (SSSR count). The van der Waals surface area contributed by atoms with Crippen LogP contribution >= 0.6 is 0 Å². The monoisotopic (exact) mass is 771 g/mol. The minimum atomic E-state index is -0.424. The highest BCUT2D eigenvalue weighted by Gasteiger charge is 2.52. The van der Waals surface area contributed by atoms with Crippen LogP contribution in [0.3, 0.4) is 0 Å². The first-order valence-corrected chi connectivity index (χ1v) is 21.4. The molecule has 0 aliphatic heterocycles. The number of hydrogen-bond donors (Lipinski definition) is 1. The Bertz CT molecular complexity index is 3120. The van der Waals surface area contributed by atoms with E-state index in [4.69, 9.17) is 0 Å². The molecule has 1 heteroatoms. The lowest BCUT2D eigenvalue weighted by atomic mass is 9.68. The maximum Gasteiger partial charge on any atom is 0.0726 e. The molecule has 9 aromatic carbocycles. The predicted octanol–water partition coefficient (Wildman–Crippen LogP) is 16.0. The van der Waals surface area contributed by atoms with E-state index in [0.717, 1.165) is 11.4 Å². The Morgan fingerprint density at radius 3 is 1.32 bits per heavy atom. The summed E-state index contributed by atoms with van der Waals surface area (Å²) in [6.45, 7) is 14.0. The van der Waals surface area contributed by atoms with Gasteiger partial charge in [0, 0.05) is 11.4 Å². The number of hydrogen-bond acceptors (Lipinski definition) is 1. The Morgan fingerprint density at radius 1 is 0.317 bits per heavy atom. The van der Waals surface area contributed by atoms with Gasteiger partial charge < -0.3 is 5.32 Å². The Kier molecular flexibility index (Phi) is 7.98. The van der Waals surface area contributed by atoms with E-state index < -0.39 is 5.41 Å². The molecule has 0 aromatic heterocycles. The van der Waals surface area contributed by atoms with E-state index in [-0.39, 0.29) is 10.8 Å². The van der Waals surface area contributed by atoms with Crippen LogP contribution in [0.4, 0.5) is 11.4 Å². The zero-order valence-electron chi connectivity index (χ0n) is 35.3. The zero-order valence-corrected chi connectivity index (χ0v) is 35.3. The molecule has 2 aliphatic carbocycles. The second-order valence-electron chi connectivity index (χ2n) is 19.1. The fourth-order valence-electron chi connectivity index (χ4n) is 10.1. The standard InChI is InChI=1S/C59H49N/c1-57(2,3)45-23-28-50-51-29-24-46(58(4,5)6)35-55(51)59(54(50)34-45)53-14-10-9-13-49(53)52-30-27-48(36-56(52)59)60-47-25-21-38(22-26-47)40-17-18-43-33-44(20-19-42(43)32-40)41-16-15-37-11-7-8-12-39(37)31-41/h7-36,60H,1-6H3. The molecule has 1 N–H and O–H groups in total. The fourth-order valence-corrected chi connectivity index (χ4v) is 10.1. The average molecular weight is 772 g/mol. The lowest BCUT2D eigenvalue weighted by molar-refractivity contribution is 0.586. The van der Waals surface area contributed by atoms with E-state index in [0.29, 0.717) is 0 Å². The molecule has 1 nitrogen and oxygen atoms in total. The molecule has 290 valence electrons. The molecule has 2 aliphatic rings. The van der Waals surface area contributed by atoms with Crippen molar-refractivity contribution in [2.75, 3.05) is 5.32 Å². The van der Waals surface area contributed by atoms with Crippen LogP contribution in [0, 0.1) is 0 Å². The second kappa shape index (κ2) is 13.2. The number of anilines is 2. The molecule has 0 fully saturated rings. The SMILES string of the molecule is CC(C)(C)c1ccc2c(c1)C1(c3ccccc3-c3ccc(Nc4ccc(-c5ccc6cc(-c7ccc8ccccc8c7)ccc6c5)cc4)cc31)c1cc(C(C)(C)C)ccc1-2. The van der Waals surface area contributed by atoms with Gasteiger partial charge in [-0.25, -0.2) is 0 Å². The van der Waals surface area contributed by atoms with E-state index >= 15 is 0 Å². The van der Waals surface area contributed by atoms with Crippen molar-refractivity contribution in [3.8, 4) is 44.5 Å². The number of nitrogens with one attached hydrogen (secondary N) is 1. The van der Waals surface area contributed by atoms with E-state index in [2.05, 4.69) is 229 Å². The topological polar surface area (TPSA) is 12.0 Å². The molecular weight excluding hydrogens is 723 g/mol. The summed E-state index contributed by atoms with van der Waals surface area (Å²) in [7, 11) is 0. The van der Waals surface area contributed by atoms with Crippen LogP contribution in [-0.2, 0) is 16.2 Å². The summed E-state index contributed by atoms with van der Waals surface area (Å²) in [4.78, 5) is 0. The fraction of sp³-hybridized carbons (Fsp3) is 0.153. The van der Waals surface area contributed by atoms with E-state index in [1.807, 2.05) is 0 Å². The lowest BCUT2D eigenvalue weighted by Gasteiger charge is -2.33. The van der Waals surface area contributed by atoms with Crippen LogP contribution in [0.2, 0.25) is 0 Å². The molecule has 60 heavy (non-hydrogen) atoms. The molecule has 0 saturated heterocycles. The average Bonchev–Trinajstić information content (AvgIpc) is 3.72. The second-order valence-corrected chi connectivity index (χ2v) is 19.1. The third-order valence-corrected chi connectivity index (χ3v) is 13.3. The number of rotatable bonds is 4. The van der Waals surface area contributed by atoms with Crippen LogP contribution in [0.1, 0.15) is 74.9 Å². The summed E-state index contributed by atoms with van der Waals surface area (Å²) in [6.07, 6.45) is 0. The summed E-state index contributed by atoms with van der Waals surface area (Å²) in [5.74, 6) is 0. The van der Waals surface area contributed by atoms with E-state index in [9.17, 15) is 0 Å². The summed E-state index contributed by atoms with van der Waals surface area (Å²) < 4.78 is 0. The summed E-state index contributed by atoms with van der Waals surface area (Å²) >= 11 is 0. The van der Waals surface area contributed by atoms with Gasteiger partial charge in [0.25, 0.3) is 0 Å². The summed E-state index contributed by atoms with van der Waals surface area (Å²) in [6, 6.07) is 68.5. The van der Waals surface area contributed by atoms with Crippen molar-refractivity contribution in [3.05, 3.63) is 215 Å². The molecule has 0 radical (unpaired) electrons. The molecule has 0 atom stereocenters. The van der Waals surface area contributed by atoms with Gasteiger partial charge in [-0.05, 0) is 153 Å². The van der Waals surface area contributed by atoms with Gasteiger partial charge in [-0.2, -0.15) is 0 Å². The smallest absolute Gasteiger partial charge is 0.0726 e. The third kappa shape index (κ3) is 5.67. The first kappa shape index (κ1) is 36.4. The quantitative estimate of drug-likeness (QED) is 0.188. The zero-order chi connectivity index (χ0) is 41.0. The number of benzene rings is 9. The molecule has 0 heterocycles. The Balaban J connectivity index is 0.953. The first-order chi connectivity index (χ1) is 28.9. The third-order valence-electron chi connectivity index (χ3n) is 13.3. The molecule has 0 unspecified atom stereocenters. The van der Waals surface area contributed by atoms with Crippen molar-refractivity contribution in [2.24, 2.45) is 0 Å². The van der Waals surface area contributed by atoms with Crippen molar-refractivity contribution in [2.45, 2.75) is 57.8 Å². The normalized spacial score (nSPS) is 13.6. The first-order valence-electron chi connectivity index (χ1n) is 21.4. The number of fused-ring (bicyclic) bond motifs is 12. The van der Waals surface area contributed by atoms with Gasteiger partial charge in [0.1, 0.15) is 0 Å². The van der Waals surface area contributed by atoms with Crippen LogP contribution in [-0.4, -0.2) is 0 Å². The molecule has 1 spiro atoms.